The lowest BCUT2D eigenvalue weighted by Gasteiger charge is -2.17. The molecule has 0 radical (unpaired) electrons. The van der Waals surface area contributed by atoms with Crippen LogP contribution < -0.4 is 4.90 Å². The van der Waals surface area contributed by atoms with Gasteiger partial charge in [-0.1, -0.05) is 6.08 Å². The van der Waals surface area contributed by atoms with Crippen molar-refractivity contribution in [2.45, 2.75) is 25.2 Å². The van der Waals surface area contributed by atoms with Crippen LogP contribution in [0.2, 0.25) is 0 Å². The van der Waals surface area contributed by atoms with Crippen LogP contribution in [-0.2, 0) is 11.3 Å². The molecule has 124 valence electrons. The van der Waals surface area contributed by atoms with Gasteiger partial charge in [0.1, 0.15) is 6.33 Å². The van der Waals surface area contributed by atoms with Gasteiger partial charge in [0.25, 0.3) is 0 Å². The van der Waals surface area contributed by atoms with Crippen LogP contribution in [0.5, 0.6) is 0 Å². The predicted molar refractivity (Wildman–Crippen MR) is 85.2 cm³/mol. The van der Waals surface area contributed by atoms with Crippen LogP contribution in [0.25, 0.3) is 11.2 Å². The Labute approximate surface area is 134 Å². The molecule has 3 heterocycles. The Morgan fingerprint density at radius 3 is 3.09 bits per heavy atom. The number of anilines is 1. The van der Waals surface area contributed by atoms with E-state index in [9.17, 15) is 5.11 Å². The Kier molecular flexibility index (Phi) is 4.85. The summed E-state index contributed by atoms with van der Waals surface area (Å²) in [4.78, 5) is 15.1. The van der Waals surface area contributed by atoms with E-state index in [0.29, 0.717) is 17.8 Å². The van der Waals surface area contributed by atoms with Gasteiger partial charge in [-0.15, -0.1) is 6.58 Å². The first-order valence-electron chi connectivity index (χ1n) is 7.65. The molecule has 0 aliphatic carbocycles. The maximum atomic E-state index is 9.61. The van der Waals surface area contributed by atoms with Crippen molar-refractivity contribution in [1.82, 2.24) is 19.5 Å². The van der Waals surface area contributed by atoms with E-state index in [2.05, 4.69) is 26.4 Å². The highest BCUT2D eigenvalue weighted by molar-refractivity contribution is 5.83. The van der Waals surface area contributed by atoms with Gasteiger partial charge in [0.2, 0.25) is 0 Å². The summed E-state index contributed by atoms with van der Waals surface area (Å²) in [5.74, 6) is 0.775. The Morgan fingerprint density at radius 2 is 2.30 bits per heavy atom. The number of ether oxygens (including phenoxy) is 1. The number of aliphatic hydroxyl groups excluding tert-OH is 2. The number of hydrogen-bond donors (Lipinski definition) is 2. The van der Waals surface area contributed by atoms with Crippen LogP contribution in [0.15, 0.2) is 25.3 Å². The average Bonchev–Trinajstić information content (AvgIpc) is 3.20. The fourth-order valence-electron chi connectivity index (χ4n) is 2.78. The van der Waals surface area contributed by atoms with Gasteiger partial charge in [-0.3, -0.25) is 0 Å². The van der Waals surface area contributed by atoms with E-state index in [1.807, 2.05) is 0 Å². The van der Waals surface area contributed by atoms with Gasteiger partial charge in [0, 0.05) is 13.1 Å². The fourth-order valence-corrected chi connectivity index (χ4v) is 2.78. The second kappa shape index (κ2) is 7.03. The second-order valence-electron chi connectivity index (χ2n) is 5.58. The van der Waals surface area contributed by atoms with Gasteiger partial charge in [-0.05, 0) is 6.42 Å². The highest BCUT2D eigenvalue weighted by Gasteiger charge is 2.26. The zero-order chi connectivity index (χ0) is 16.2. The first-order valence-corrected chi connectivity index (χ1v) is 7.65. The minimum atomic E-state index is -0.839. The van der Waals surface area contributed by atoms with Crippen molar-refractivity contribution in [3.63, 3.8) is 0 Å². The summed E-state index contributed by atoms with van der Waals surface area (Å²) >= 11 is 0. The number of hydrogen-bond acceptors (Lipinski definition) is 7. The number of rotatable bonds is 7. The standard InChI is InChI=1S/C15H21N5O3/c1-2-5-23-12-3-4-19(7-12)14-13-15(17-9-16-14)20(10-18-13)6-11(22)8-21/h2,9-12,21-22H,1,3-8H2/t11-,12-/m0/s1. The van der Waals surface area contributed by atoms with Crippen LogP contribution in [0.4, 0.5) is 5.82 Å². The number of aliphatic hydroxyl groups is 2. The molecule has 0 amide bonds. The molecular weight excluding hydrogens is 298 g/mol. The van der Waals surface area contributed by atoms with Crippen molar-refractivity contribution < 1.29 is 14.9 Å². The minimum Gasteiger partial charge on any atom is -0.394 e. The van der Waals surface area contributed by atoms with E-state index in [4.69, 9.17) is 9.84 Å². The van der Waals surface area contributed by atoms with E-state index >= 15 is 0 Å². The second-order valence-corrected chi connectivity index (χ2v) is 5.58. The quantitative estimate of drug-likeness (QED) is 0.691. The highest BCUT2D eigenvalue weighted by atomic mass is 16.5. The smallest absolute Gasteiger partial charge is 0.165 e. The summed E-state index contributed by atoms with van der Waals surface area (Å²) in [7, 11) is 0. The first-order chi connectivity index (χ1) is 11.2. The Balaban J connectivity index is 1.81. The lowest BCUT2D eigenvalue weighted by atomic mass is 10.3. The Bertz CT molecular complexity index is 674. The lowest BCUT2D eigenvalue weighted by molar-refractivity contribution is 0.0820. The molecule has 8 heteroatoms. The summed E-state index contributed by atoms with van der Waals surface area (Å²) < 4.78 is 7.42. The van der Waals surface area contributed by atoms with Gasteiger partial charge in [-0.2, -0.15) is 0 Å². The van der Waals surface area contributed by atoms with Gasteiger partial charge in [0.15, 0.2) is 17.0 Å². The van der Waals surface area contributed by atoms with E-state index < -0.39 is 6.10 Å². The van der Waals surface area contributed by atoms with Gasteiger partial charge < -0.3 is 24.4 Å². The number of fused-ring (bicyclic) bond motifs is 1. The van der Waals surface area contributed by atoms with Gasteiger partial charge in [0.05, 0.1) is 38.3 Å². The van der Waals surface area contributed by atoms with Crippen LogP contribution in [0.1, 0.15) is 6.42 Å². The zero-order valence-electron chi connectivity index (χ0n) is 12.9. The monoisotopic (exact) mass is 319 g/mol. The third-order valence-electron chi connectivity index (χ3n) is 3.89. The molecule has 0 saturated carbocycles. The van der Waals surface area contributed by atoms with Crippen molar-refractivity contribution in [3.05, 3.63) is 25.3 Å². The van der Waals surface area contributed by atoms with Gasteiger partial charge >= 0.3 is 0 Å². The van der Waals surface area contributed by atoms with Crippen molar-refractivity contribution in [3.8, 4) is 0 Å². The third kappa shape index (κ3) is 3.34. The molecule has 1 saturated heterocycles. The molecule has 2 aromatic rings. The molecule has 1 aliphatic heterocycles. The van der Waals surface area contributed by atoms with E-state index in [0.717, 1.165) is 25.3 Å². The fraction of sp³-hybridized carbons (Fsp3) is 0.533. The normalized spacial score (nSPS) is 19.4. The summed E-state index contributed by atoms with van der Waals surface area (Å²) in [6, 6.07) is 0. The molecule has 0 bridgehead atoms. The summed E-state index contributed by atoms with van der Waals surface area (Å²) in [5.41, 5.74) is 1.35. The molecule has 1 fully saturated rings. The number of imidazole rings is 1. The molecule has 2 aromatic heterocycles. The van der Waals surface area contributed by atoms with Gasteiger partial charge in [-0.25, -0.2) is 15.0 Å². The lowest BCUT2D eigenvalue weighted by Crippen LogP contribution is -2.24. The van der Waals surface area contributed by atoms with Crippen molar-refractivity contribution in [2.24, 2.45) is 0 Å². The summed E-state index contributed by atoms with van der Waals surface area (Å²) in [6.45, 7) is 5.76. The summed E-state index contributed by atoms with van der Waals surface area (Å²) in [5, 5.41) is 18.6. The molecule has 0 unspecified atom stereocenters. The maximum Gasteiger partial charge on any atom is 0.165 e. The molecule has 0 spiro atoms. The molecule has 3 rings (SSSR count). The molecule has 1 aliphatic rings. The van der Waals surface area contributed by atoms with Crippen molar-refractivity contribution in [1.29, 1.82) is 0 Å². The SMILES string of the molecule is C=CCO[C@H]1CCN(c2ncnc3c2ncn3C[C@H](O)CO)C1. The van der Waals surface area contributed by atoms with E-state index in [1.54, 1.807) is 17.0 Å². The number of aromatic nitrogens is 4. The molecule has 2 atom stereocenters. The molecule has 2 N–H and O–H groups in total. The largest absolute Gasteiger partial charge is 0.394 e. The molecular formula is C15H21N5O3. The number of nitrogens with zero attached hydrogens (tertiary/aromatic N) is 5. The van der Waals surface area contributed by atoms with E-state index in [-0.39, 0.29) is 19.3 Å². The molecule has 23 heavy (non-hydrogen) atoms. The summed E-state index contributed by atoms with van der Waals surface area (Å²) in [6.07, 6.45) is 5.12. The zero-order valence-corrected chi connectivity index (χ0v) is 12.9. The van der Waals surface area contributed by atoms with Crippen molar-refractivity contribution >= 4 is 17.0 Å². The predicted octanol–water partition coefficient (Wildman–Crippen LogP) is -0.0392. The highest BCUT2D eigenvalue weighted by Crippen LogP contribution is 2.26. The average molecular weight is 319 g/mol. The Hall–Kier alpha value is -2.03. The van der Waals surface area contributed by atoms with E-state index in [1.165, 1.54) is 6.33 Å². The van der Waals surface area contributed by atoms with Crippen LogP contribution >= 0.6 is 0 Å². The maximum absolute atomic E-state index is 9.61. The third-order valence-corrected chi connectivity index (χ3v) is 3.89. The van der Waals surface area contributed by atoms with Crippen molar-refractivity contribution in [2.75, 3.05) is 31.2 Å². The topological polar surface area (TPSA) is 96.5 Å². The van der Waals surface area contributed by atoms with Crippen LogP contribution in [0, 0.1) is 0 Å². The molecule has 8 nitrogen and oxygen atoms in total. The van der Waals surface area contributed by atoms with Crippen LogP contribution in [-0.4, -0.2) is 68.2 Å². The molecule has 0 aromatic carbocycles. The first kappa shape index (κ1) is 15.9. The Morgan fingerprint density at radius 1 is 1.43 bits per heavy atom. The minimum absolute atomic E-state index is 0.163. The van der Waals surface area contributed by atoms with Crippen LogP contribution in [0.3, 0.4) is 0 Å².